The maximum absolute atomic E-state index is 12.4. The van der Waals surface area contributed by atoms with Crippen molar-refractivity contribution in [1.82, 2.24) is 15.2 Å². The van der Waals surface area contributed by atoms with Gasteiger partial charge in [0.2, 0.25) is 11.1 Å². The highest BCUT2D eigenvalue weighted by molar-refractivity contribution is 7.99. The minimum atomic E-state index is -0.175. The summed E-state index contributed by atoms with van der Waals surface area (Å²) in [5.41, 5.74) is 3.94. The third-order valence-electron chi connectivity index (χ3n) is 4.48. The Bertz CT molecular complexity index is 1170. The van der Waals surface area contributed by atoms with Crippen molar-refractivity contribution in [1.29, 1.82) is 0 Å². The monoisotopic (exact) mass is 428 g/mol. The molecule has 4 aromatic rings. The maximum Gasteiger partial charge on any atom is 0.234 e. The van der Waals surface area contributed by atoms with Gasteiger partial charge in [0, 0.05) is 11.1 Å². The van der Waals surface area contributed by atoms with Crippen LogP contribution in [0.5, 0.6) is 5.75 Å². The number of carbonyl (C=O) groups excluding carboxylic acids is 1. The Morgan fingerprint density at radius 1 is 0.839 bits per heavy atom. The summed E-state index contributed by atoms with van der Waals surface area (Å²) in [6, 6.07) is 26.9. The first-order valence-electron chi connectivity index (χ1n) is 9.66. The van der Waals surface area contributed by atoms with E-state index in [9.17, 15) is 4.79 Å². The highest BCUT2D eigenvalue weighted by atomic mass is 32.2. The van der Waals surface area contributed by atoms with Crippen molar-refractivity contribution < 1.29 is 9.53 Å². The Kier molecular flexibility index (Phi) is 6.54. The lowest BCUT2D eigenvalue weighted by molar-refractivity contribution is -0.113. The predicted molar refractivity (Wildman–Crippen MR) is 123 cm³/mol. The van der Waals surface area contributed by atoms with Crippen LogP contribution in [0.1, 0.15) is 0 Å². The van der Waals surface area contributed by atoms with Crippen molar-refractivity contribution in [2.75, 3.05) is 18.2 Å². The highest BCUT2D eigenvalue weighted by Crippen LogP contribution is 2.30. The van der Waals surface area contributed by atoms with Gasteiger partial charge >= 0.3 is 0 Å². The minimum Gasteiger partial charge on any atom is -0.495 e. The van der Waals surface area contributed by atoms with Gasteiger partial charge in [0.15, 0.2) is 0 Å². The van der Waals surface area contributed by atoms with Crippen LogP contribution in [0.2, 0.25) is 0 Å². The van der Waals surface area contributed by atoms with Gasteiger partial charge in [-0.1, -0.05) is 84.6 Å². The molecule has 1 amide bonds. The SMILES string of the molecule is COc1ccccc1NC(=O)CSc1nnc(-c2ccccc2)c(-c2ccccc2)n1. The van der Waals surface area contributed by atoms with E-state index in [-0.39, 0.29) is 11.7 Å². The van der Waals surface area contributed by atoms with E-state index in [1.165, 1.54) is 11.8 Å². The standard InChI is InChI=1S/C24H20N4O2S/c1-30-20-15-9-8-14-19(20)25-21(29)16-31-24-26-22(17-10-4-2-5-11-17)23(27-28-24)18-12-6-3-7-13-18/h2-15H,16H2,1H3,(H,25,29). The van der Waals surface area contributed by atoms with E-state index in [0.717, 1.165) is 16.8 Å². The molecule has 1 aromatic heterocycles. The summed E-state index contributed by atoms with van der Waals surface area (Å²) in [6.07, 6.45) is 0. The Morgan fingerprint density at radius 3 is 2.13 bits per heavy atom. The van der Waals surface area contributed by atoms with E-state index in [0.29, 0.717) is 22.3 Å². The molecule has 0 saturated carbocycles. The van der Waals surface area contributed by atoms with Gasteiger partial charge in [-0.3, -0.25) is 4.79 Å². The second kappa shape index (κ2) is 9.86. The average Bonchev–Trinajstić information content (AvgIpc) is 2.84. The molecule has 0 aliphatic carbocycles. The number of anilines is 1. The molecule has 7 heteroatoms. The van der Waals surface area contributed by atoms with Gasteiger partial charge in [-0.15, -0.1) is 10.2 Å². The number of hydrogen-bond donors (Lipinski definition) is 1. The summed E-state index contributed by atoms with van der Waals surface area (Å²) in [5, 5.41) is 12.0. The van der Waals surface area contributed by atoms with Crippen LogP contribution >= 0.6 is 11.8 Å². The van der Waals surface area contributed by atoms with Gasteiger partial charge in [0.05, 0.1) is 18.6 Å². The molecule has 0 radical (unpaired) electrons. The number of rotatable bonds is 7. The lowest BCUT2D eigenvalue weighted by atomic mass is 10.0. The van der Waals surface area contributed by atoms with Crippen molar-refractivity contribution in [3.05, 3.63) is 84.9 Å². The molecule has 0 atom stereocenters. The molecular formula is C24H20N4O2S. The second-order valence-electron chi connectivity index (χ2n) is 6.56. The molecule has 1 heterocycles. The minimum absolute atomic E-state index is 0.151. The van der Waals surface area contributed by atoms with E-state index >= 15 is 0 Å². The third kappa shape index (κ3) is 5.07. The van der Waals surface area contributed by atoms with Gasteiger partial charge in [0.1, 0.15) is 17.1 Å². The highest BCUT2D eigenvalue weighted by Gasteiger charge is 2.15. The van der Waals surface area contributed by atoms with Crippen LogP contribution in [0.25, 0.3) is 22.5 Å². The summed E-state index contributed by atoms with van der Waals surface area (Å²) in [7, 11) is 1.57. The summed E-state index contributed by atoms with van der Waals surface area (Å²) in [6.45, 7) is 0. The van der Waals surface area contributed by atoms with Crippen LogP contribution in [-0.2, 0) is 4.79 Å². The summed E-state index contributed by atoms with van der Waals surface area (Å²) in [5.74, 6) is 0.586. The van der Waals surface area contributed by atoms with E-state index in [1.54, 1.807) is 19.2 Å². The molecule has 0 fully saturated rings. The molecular weight excluding hydrogens is 408 g/mol. The normalized spacial score (nSPS) is 10.5. The Balaban J connectivity index is 1.55. The fraction of sp³-hybridized carbons (Fsp3) is 0.0833. The number of para-hydroxylation sites is 2. The topological polar surface area (TPSA) is 77.0 Å². The molecule has 1 N–H and O–H groups in total. The van der Waals surface area contributed by atoms with Crippen molar-refractivity contribution in [3.8, 4) is 28.3 Å². The van der Waals surface area contributed by atoms with Crippen molar-refractivity contribution in [2.24, 2.45) is 0 Å². The number of methoxy groups -OCH3 is 1. The first-order valence-corrected chi connectivity index (χ1v) is 10.6. The quantitative estimate of drug-likeness (QED) is 0.420. The molecule has 0 saturated heterocycles. The second-order valence-corrected chi connectivity index (χ2v) is 7.50. The van der Waals surface area contributed by atoms with Crippen molar-refractivity contribution in [2.45, 2.75) is 5.16 Å². The number of benzene rings is 3. The van der Waals surface area contributed by atoms with Gasteiger partial charge in [-0.2, -0.15) is 0 Å². The van der Waals surface area contributed by atoms with Gasteiger partial charge in [0.25, 0.3) is 0 Å². The van der Waals surface area contributed by atoms with Crippen molar-refractivity contribution in [3.63, 3.8) is 0 Å². The first-order chi connectivity index (χ1) is 15.2. The third-order valence-corrected chi connectivity index (χ3v) is 5.31. The van der Waals surface area contributed by atoms with Gasteiger partial charge < -0.3 is 10.1 Å². The van der Waals surface area contributed by atoms with Gasteiger partial charge in [-0.25, -0.2) is 4.98 Å². The lowest BCUT2D eigenvalue weighted by Gasteiger charge is -2.10. The van der Waals surface area contributed by atoms with E-state index in [4.69, 9.17) is 9.72 Å². The molecule has 0 aliphatic heterocycles. The number of ether oxygens (including phenoxy) is 1. The van der Waals surface area contributed by atoms with Crippen molar-refractivity contribution >= 4 is 23.4 Å². The molecule has 0 spiro atoms. The maximum atomic E-state index is 12.4. The van der Waals surface area contributed by atoms with E-state index in [1.807, 2.05) is 72.8 Å². The fourth-order valence-corrected chi connectivity index (χ4v) is 3.61. The number of nitrogens with one attached hydrogen (secondary N) is 1. The zero-order valence-corrected chi connectivity index (χ0v) is 17.7. The number of carbonyl (C=O) groups is 1. The number of nitrogens with zero attached hydrogens (tertiary/aromatic N) is 3. The molecule has 3 aromatic carbocycles. The number of amides is 1. The molecule has 0 aliphatic rings. The Morgan fingerprint density at radius 2 is 1.45 bits per heavy atom. The average molecular weight is 429 g/mol. The summed E-state index contributed by atoms with van der Waals surface area (Å²) in [4.78, 5) is 17.2. The smallest absolute Gasteiger partial charge is 0.234 e. The van der Waals surface area contributed by atoms with Crippen LogP contribution in [0.3, 0.4) is 0 Å². The van der Waals surface area contributed by atoms with E-state index in [2.05, 4.69) is 15.5 Å². The van der Waals surface area contributed by atoms with Crippen LogP contribution in [0.15, 0.2) is 90.1 Å². The van der Waals surface area contributed by atoms with E-state index < -0.39 is 0 Å². The molecule has 6 nitrogen and oxygen atoms in total. The van der Waals surface area contributed by atoms with Crippen LogP contribution in [0.4, 0.5) is 5.69 Å². The largest absolute Gasteiger partial charge is 0.495 e. The molecule has 4 rings (SSSR count). The lowest BCUT2D eigenvalue weighted by Crippen LogP contribution is -2.15. The molecule has 154 valence electrons. The Labute approximate surface area is 184 Å². The number of thioether (sulfide) groups is 1. The molecule has 0 unspecified atom stereocenters. The predicted octanol–water partition coefficient (Wildman–Crippen LogP) is 4.95. The first kappa shape index (κ1) is 20.6. The fourth-order valence-electron chi connectivity index (χ4n) is 3.02. The van der Waals surface area contributed by atoms with Gasteiger partial charge in [-0.05, 0) is 12.1 Å². The van der Waals surface area contributed by atoms with Crippen LogP contribution in [-0.4, -0.2) is 34.0 Å². The molecule has 0 bridgehead atoms. The van der Waals surface area contributed by atoms with Crippen LogP contribution in [0, 0.1) is 0 Å². The van der Waals surface area contributed by atoms with Crippen LogP contribution < -0.4 is 10.1 Å². The summed E-state index contributed by atoms with van der Waals surface area (Å²) >= 11 is 1.24. The zero-order chi connectivity index (χ0) is 21.5. The molecule has 31 heavy (non-hydrogen) atoms. The Hall–Kier alpha value is -3.71. The number of hydrogen-bond acceptors (Lipinski definition) is 6. The summed E-state index contributed by atoms with van der Waals surface area (Å²) < 4.78 is 5.27. The number of aromatic nitrogens is 3. The zero-order valence-electron chi connectivity index (χ0n) is 16.9.